The van der Waals surface area contributed by atoms with E-state index < -0.39 is 31.1 Å². The third-order valence-electron chi connectivity index (χ3n) is 6.22. The second-order valence-corrected chi connectivity index (χ2v) is 8.51. The Morgan fingerprint density at radius 2 is 1.67 bits per heavy atom. The highest BCUT2D eigenvalue weighted by atomic mass is 19.4. The molecule has 2 aliphatic heterocycles. The average molecular weight is 470 g/mol. The lowest BCUT2D eigenvalue weighted by Gasteiger charge is -2.43. The number of piperidine rings is 1. The second kappa shape index (κ2) is 9.69. The molecule has 180 valence electrons. The number of ether oxygens (including phenoxy) is 4. The Bertz CT molecular complexity index is 873. The number of likely N-dealkylation sites (tertiary alicyclic amines) is 1. The highest BCUT2D eigenvalue weighted by molar-refractivity contribution is 5.68. The molecule has 0 atom stereocenters. The van der Waals surface area contributed by atoms with Crippen LogP contribution in [0.15, 0.2) is 12.4 Å². The largest absolute Gasteiger partial charge is 0.472 e. The predicted octanol–water partition coefficient (Wildman–Crippen LogP) is 2.99. The molecule has 3 aliphatic rings. The van der Waals surface area contributed by atoms with E-state index >= 15 is 0 Å². The summed E-state index contributed by atoms with van der Waals surface area (Å²) in [5.74, 6) is 0.240. The number of carbonyl (C=O) groups is 1. The van der Waals surface area contributed by atoms with Gasteiger partial charge >= 0.3 is 12.3 Å². The van der Waals surface area contributed by atoms with E-state index in [0.717, 1.165) is 25.7 Å². The summed E-state index contributed by atoms with van der Waals surface area (Å²) in [5, 5.41) is 9.09. The third kappa shape index (κ3) is 5.30. The molecule has 1 saturated carbocycles. The van der Waals surface area contributed by atoms with E-state index in [1.54, 1.807) is 0 Å². The number of aromatic nitrogens is 2. The average Bonchev–Trinajstić information content (AvgIpc) is 2.77. The van der Waals surface area contributed by atoms with Gasteiger partial charge in [-0.15, -0.1) is 0 Å². The molecule has 0 radical (unpaired) electrons. The van der Waals surface area contributed by atoms with Gasteiger partial charge in [0, 0.05) is 25.5 Å². The number of hydrogen-bond donors (Lipinski definition) is 0. The molecule has 9 nitrogen and oxygen atoms in total. The maximum atomic E-state index is 13.2. The Kier molecular flexibility index (Phi) is 6.90. The molecule has 0 unspecified atom stereocenters. The van der Waals surface area contributed by atoms with Crippen LogP contribution in [0.1, 0.15) is 44.2 Å². The summed E-state index contributed by atoms with van der Waals surface area (Å²) in [5.41, 5.74) is -2.37. The van der Waals surface area contributed by atoms with E-state index in [1.807, 2.05) is 6.07 Å². The molecule has 1 aromatic rings. The highest BCUT2D eigenvalue weighted by Crippen LogP contribution is 2.40. The number of nitriles is 1. The van der Waals surface area contributed by atoms with Crippen LogP contribution in [0, 0.1) is 11.3 Å². The number of hydrogen-bond acceptors (Lipinski definition) is 8. The lowest BCUT2D eigenvalue weighted by molar-refractivity contribution is -0.333. The van der Waals surface area contributed by atoms with Crippen molar-refractivity contribution in [1.82, 2.24) is 14.9 Å². The Hall–Kier alpha value is -2.65. The third-order valence-corrected chi connectivity index (χ3v) is 6.22. The number of rotatable bonds is 5. The molecule has 4 rings (SSSR count). The molecule has 0 aromatic carbocycles. The van der Waals surface area contributed by atoms with Crippen LogP contribution in [0.25, 0.3) is 0 Å². The van der Waals surface area contributed by atoms with E-state index in [-0.39, 0.29) is 43.0 Å². The van der Waals surface area contributed by atoms with Crippen molar-refractivity contribution in [3.8, 4) is 11.9 Å². The summed E-state index contributed by atoms with van der Waals surface area (Å²) >= 11 is 0. The van der Waals surface area contributed by atoms with Crippen molar-refractivity contribution in [3.05, 3.63) is 18.1 Å². The number of amides is 1. The van der Waals surface area contributed by atoms with Crippen molar-refractivity contribution in [3.63, 3.8) is 0 Å². The Morgan fingerprint density at radius 3 is 2.24 bits per heavy atom. The SMILES string of the molecule is N#Cc1nccnc1OC1CCC(OC2CCN(C(=O)OC3(C(F)(F)F)COC3)CC2)CC1. The molecule has 12 heteroatoms. The van der Waals surface area contributed by atoms with Gasteiger partial charge in [0.25, 0.3) is 11.5 Å². The van der Waals surface area contributed by atoms with E-state index in [0.29, 0.717) is 12.8 Å². The van der Waals surface area contributed by atoms with Crippen LogP contribution in [-0.4, -0.2) is 77.4 Å². The summed E-state index contributed by atoms with van der Waals surface area (Å²) in [4.78, 5) is 21.6. The second-order valence-electron chi connectivity index (χ2n) is 8.51. The number of nitrogens with zero attached hydrogens (tertiary/aromatic N) is 4. The van der Waals surface area contributed by atoms with E-state index in [2.05, 4.69) is 14.7 Å². The fraction of sp³-hybridized carbons (Fsp3) is 0.714. The van der Waals surface area contributed by atoms with Crippen molar-refractivity contribution < 1.29 is 36.9 Å². The van der Waals surface area contributed by atoms with Gasteiger partial charge in [-0.25, -0.2) is 14.8 Å². The van der Waals surface area contributed by atoms with Crippen molar-refractivity contribution in [2.75, 3.05) is 26.3 Å². The first-order valence-electron chi connectivity index (χ1n) is 11.0. The van der Waals surface area contributed by atoms with Gasteiger partial charge in [-0.2, -0.15) is 18.4 Å². The molecular weight excluding hydrogens is 445 g/mol. The predicted molar refractivity (Wildman–Crippen MR) is 105 cm³/mol. The zero-order chi connectivity index (χ0) is 23.5. The minimum absolute atomic E-state index is 0.0475. The van der Waals surface area contributed by atoms with Gasteiger partial charge in [0.2, 0.25) is 5.69 Å². The smallest absolute Gasteiger partial charge is 0.433 e. The van der Waals surface area contributed by atoms with Gasteiger partial charge in [0.05, 0.1) is 25.4 Å². The number of alkyl halides is 3. The van der Waals surface area contributed by atoms with Crippen molar-refractivity contribution in [1.29, 1.82) is 5.26 Å². The summed E-state index contributed by atoms with van der Waals surface area (Å²) in [7, 11) is 0. The number of halogens is 3. The van der Waals surface area contributed by atoms with Crippen LogP contribution in [0.4, 0.5) is 18.0 Å². The van der Waals surface area contributed by atoms with Crippen molar-refractivity contribution >= 4 is 6.09 Å². The van der Waals surface area contributed by atoms with Crippen LogP contribution in [0.5, 0.6) is 5.88 Å². The normalized spacial score (nSPS) is 25.6. The zero-order valence-corrected chi connectivity index (χ0v) is 17.9. The molecule has 0 N–H and O–H groups in total. The van der Waals surface area contributed by atoms with Crippen LogP contribution in [0.2, 0.25) is 0 Å². The van der Waals surface area contributed by atoms with Crippen LogP contribution in [-0.2, 0) is 14.2 Å². The highest BCUT2D eigenvalue weighted by Gasteiger charge is 2.64. The van der Waals surface area contributed by atoms with Gasteiger partial charge in [-0.05, 0) is 38.5 Å². The van der Waals surface area contributed by atoms with E-state index in [9.17, 15) is 18.0 Å². The van der Waals surface area contributed by atoms with Gasteiger partial charge in [-0.1, -0.05) is 0 Å². The Morgan fingerprint density at radius 1 is 1.06 bits per heavy atom. The molecule has 33 heavy (non-hydrogen) atoms. The molecule has 1 aliphatic carbocycles. The van der Waals surface area contributed by atoms with Gasteiger partial charge in [0.15, 0.2) is 0 Å². The van der Waals surface area contributed by atoms with E-state index in [1.165, 1.54) is 17.3 Å². The molecule has 3 fully saturated rings. The molecular formula is C21H25F3N4O5. The van der Waals surface area contributed by atoms with E-state index in [4.69, 9.17) is 19.5 Å². The number of carbonyl (C=O) groups excluding carboxylic acids is 1. The molecule has 1 aromatic heterocycles. The first kappa shape index (κ1) is 23.5. The van der Waals surface area contributed by atoms with Crippen molar-refractivity contribution in [2.45, 2.75) is 68.6 Å². The lowest BCUT2D eigenvalue weighted by atomic mass is 9.94. The van der Waals surface area contributed by atoms with Gasteiger partial charge in [-0.3, -0.25) is 0 Å². The van der Waals surface area contributed by atoms with Gasteiger partial charge < -0.3 is 23.8 Å². The first-order valence-corrected chi connectivity index (χ1v) is 11.0. The zero-order valence-electron chi connectivity index (χ0n) is 17.9. The molecule has 1 amide bonds. The summed E-state index contributed by atoms with van der Waals surface area (Å²) < 4.78 is 61.0. The van der Waals surface area contributed by atoms with Crippen LogP contribution >= 0.6 is 0 Å². The quantitative estimate of drug-likeness (QED) is 0.647. The maximum absolute atomic E-state index is 13.2. The standard InChI is InChI=1S/C21H25F3N4O5/c22-21(23,24)20(12-30-13-20)33-19(29)28-9-5-16(6-10-28)31-14-1-3-15(4-2-14)32-18-17(11-25)26-7-8-27-18/h7-8,14-16H,1-6,9-10,12-13H2. The summed E-state index contributed by atoms with van der Waals surface area (Å²) in [6, 6.07) is 1.96. The first-order chi connectivity index (χ1) is 15.8. The van der Waals surface area contributed by atoms with Crippen molar-refractivity contribution in [2.24, 2.45) is 0 Å². The maximum Gasteiger partial charge on any atom is 0.433 e. The summed E-state index contributed by atoms with van der Waals surface area (Å²) in [6.07, 6.45) is 1.34. The lowest BCUT2D eigenvalue weighted by Crippen LogP contribution is -2.64. The van der Waals surface area contributed by atoms with Crippen LogP contribution in [0.3, 0.4) is 0 Å². The monoisotopic (exact) mass is 470 g/mol. The topological polar surface area (TPSA) is 107 Å². The fourth-order valence-electron chi connectivity index (χ4n) is 4.18. The summed E-state index contributed by atoms with van der Waals surface area (Å²) in [6.45, 7) is -0.771. The van der Waals surface area contributed by atoms with Gasteiger partial charge in [0.1, 0.15) is 12.2 Å². The molecule has 0 bridgehead atoms. The Balaban J connectivity index is 1.18. The molecule has 3 heterocycles. The molecule has 0 spiro atoms. The Labute approximate surface area is 188 Å². The molecule has 2 saturated heterocycles. The minimum atomic E-state index is -4.66. The fourth-order valence-corrected chi connectivity index (χ4v) is 4.18. The van der Waals surface area contributed by atoms with Crippen LogP contribution < -0.4 is 4.74 Å². The minimum Gasteiger partial charge on any atom is -0.472 e.